The standard InChI is InChI=1S/C22H18N4O4/c23-9-13-8-12(4-7-19(13)27)21-24-20(25-30-21)17-3-1-2-16-15(17)5-6-18(16)26-10-14(11-26)22(28)29/h1-4,7-8,14,18,27H,5-6,10-11H2,(H,28,29). The molecule has 0 spiro atoms. The summed E-state index contributed by atoms with van der Waals surface area (Å²) >= 11 is 0. The number of carboxylic acid groups (broad SMARTS) is 1. The summed E-state index contributed by atoms with van der Waals surface area (Å²) < 4.78 is 5.42. The zero-order valence-electron chi connectivity index (χ0n) is 15.9. The Balaban J connectivity index is 1.43. The van der Waals surface area contributed by atoms with E-state index in [4.69, 9.17) is 14.9 Å². The molecule has 2 aliphatic rings. The van der Waals surface area contributed by atoms with E-state index in [2.05, 4.69) is 21.1 Å². The first-order chi connectivity index (χ1) is 14.5. The van der Waals surface area contributed by atoms with Gasteiger partial charge < -0.3 is 14.7 Å². The monoisotopic (exact) mass is 402 g/mol. The van der Waals surface area contributed by atoms with E-state index in [1.807, 2.05) is 18.2 Å². The second-order valence-electron chi connectivity index (χ2n) is 7.68. The van der Waals surface area contributed by atoms with Crippen molar-refractivity contribution in [1.29, 1.82) is 5.26 Å². The molecule has 3 aromatic rings. The quantitative estimate of drug-likeness (QED) is 0.683. The fourth-order valence-corrected chi connectivity index (χ4v) is 4.35. The van der Waals surface area contributed by atoms with Crippen LogP contribution in [0.25, 0.3) is 22.8 Å². The summed E-state index contributed by atoms with van der Waals surface area (Å²) in [6.45, 7) is 1.16. The van der Waals surface area contributed by atoms with E-state index in [1.54, 1.807) is 6.07 Å². The average Bonchev–Trinajstić information content (AvgIpc) is 3.35. The van der Waals surface area contributed by atoms with Crippen LogP contribution >= 0.6 is 0 Å². The summed E-state index contributed by atoms with van der Waals surface area (Å²) in [6.07, 6.45) is 1.80. The minimum absolute atomic E-state index is 0.0935. The van der Waals surface area contributed by atoms with E-state index < -0.39 is 5.97 Å². The van der Waals surface area contributed by atoms with Crippen LogP contribution in [0.15, 0.2) is 40.9 Å². The molecule has 1 aliphatic carbocycles. The topological polar surface area (TPSA) is 123 Å². The lowest BCUT2D eigenvalue weighted by atomic mass is 9.94. The van der Waals surface area contributed by atoms with Crippen LogP contribution in [-0.2, 0) is 11.2 Å². The number of aromatic nitrogens is 2. The van der Waals surface area contributed by atoms with Gasteiger partial charge in [-0.05, 0) is 42.2 Å². The molecule has 2 heterocycles. The summed E-state index contributed by atoms with van der Waals surface area (Å²) in [5.74, 6) is -0.349. The van der Waals surface area contributed by atoms with E-state index in [1.165, 1.54) is 17.7 Å². The van der Waals surface area contributed by atoms with Crippen molar-refractivity contribution in [3.63, 3.8) is 0 Å². The number of aliphatic carboxylic acids is 1. The number of phenols is 1. The van der Waals surface area contributed by atoms with E-state index in [0.717, 1.165) is 24.0 Å². The Morgan fingerprint density at radius 2 is 2.10 bits per heavy atom. The Hall–Kier alpha value is -3.70. The summed E-state index contributed by atoms with van der Waals surface area (Å²) in [4.78, 5) is 17.9. The fraction of sp³-hybridized carbons (Fsp3) is 0.273. The molecule has 1 unspecified atom stereocenters. The molecule has 1 atom stereocenters. The average molecular weight is 402 g/mol. The molecule has 5 rings (SSSR count). The van der Waals surface area contributed by atoms with Crippen LogP contribution in [0.1, 0.15) is 29.2 Å². The molecule has 2 N–H and O–H groups in total. The number of nitriles is 1. The fourth-order valence-electron chi connectivity index (χ4n) is 4.35. The Morgan fingerprint density at radius 3 is 2.87 bits per heavy atom. The van der Waals surface area contributed by atoms with Gasteiger partial charge >= 0.3 is 5.97 Å². The molecule has 0 amide bonds. The zero-order chi connectivity index (χ0) is 20.8. The number of carboxylic acids is 1. The molecule has 0 saturated carbocycles. The summed E-state index contributed by atoms with van der Waals surface area (Å²) in [7, 11) is 0. The van der Waals surface area contributed by atoms with E-state index in [-0.39, 0.29) is 29.2 Å². The maximum absolute atomic E-state index is 11.1. The molecule has 1 aliphatic heterocycles. The number of phenolic OH excluding ortho intramolecular Hbond substituents is 1. The van der Waals surface area contributed by atoms with Crippen molar-refractivity contribution in [1.82, 2.24) is 15.0 Å². The maximum atomic E-state index is 11.1. The van der Waals surface area contributed by atoms with Crippen LogP contribution in [0, 0.1) is 17.2 Å². The number of fused-ring (bicyclic) bond motifs is 1. The van der Waals surface area contributed by atoms with Gasteiger partial charge in [0.25, 0.3) is 5.89 Å². The summed E-state index contributed by atoms with van der Waals surface area (Å²) in [5.41, 5.74) is 3.97. The van der Waals surface area contributed by atoms with Gasteiger partial charge in [-0.3, -0.25) is 9.69 Å². The summed E-state index contributed by atoms with van der Waals surface area (Å²) in [6, 6.07) is 12.7. The van der Waals surface area contributed by atoms with Crippen LogP contribution in [0.2, 0.25) is 0 Å². The SMILES string of the molecule is N#Cc1cc(-c2nc(-c3cccc4c3CCC4N3CC(C(=O)O)C3)no2)ccc1O. The van der Waals surface area contributed by atoms with Gasteiger partial charge in [0, 0.05) is 30.3 Å². The number of hydrogen-bond acceptors (Lipinski definition) is 7. The normalized spacial score (nSPS) is 18.6. The van der Waals surface area contributed by atoms with Crippen LogP contribution in [0.5, 0.6) is 5.75 Å². The van der Waals surface area contributed by atoms with Gasteiger partial charge in [0.1, 0.15) is 11.8 Å². The smallest absolute Gasteiger partial charge is 0.309 e. The highest BCUT2D eigenvalue weighted by Crippen LogP contribution is 2.42. The molecule has 1 saturated heterocycles. The minimum Gasteiger partial charge on any atom is -0.507 e. The molecule has 1 fully saturated rings. The molecule has 0 radical (unpaired) electrons. The largest absolute Gasteiger partial charge is 0.507 e. The molecular formula is C22H18N4O4. The molecule has 1 aromatic heterocycles. The van der Waals surface area contributed by atoms with Crippen LogP contribution in [0.4, 0.5) is 0 Å². The van der Waals surface area contributed by atoms with E-state index in [0.29, 0.717) is 24.5 Å². The van der Waals surface area contributed by atoms with E-state index in [9.17, 15) is 9.90 Å². The van der Waals surface area contributed by atoms with Gasteiger partial charge in [-0.15, -0.1) is 0 Å². The third-order valence-corrected chi connectivity index (χ3v) is 5.97. The zero-order valence-corrected chi connectivity index (χ0v) is 15.9. The lowest BCUT2D eigenvalue weighted by Gasteiger charge is -2.41. The predicted octanol–water partition coefficient (Wildman–Crippen LogP) is 2.98. The van der Waals surface area contributed by atoms with Gasteiger partial charge in [0.2, 0.25) is 5.82 Å². The number of rotatable bonds is 4. The molecular weight excluding hydrogens is 384 g/mol. The van der Waals surface area contributed by atoms with Crippen LogP contribution in [0.3, 0.4) is 0 Å². The number of likely N-dealkylation sites (tertiary alicyclic amines) is 1. The van der Waals surface area contributed by atoms with Crippen molar-refractivity contribution in [2.75, 3.05) is 13.1 Å². The highest BCUT2D eigenvalue weighted by atomic mass is 16.5. The minimum atomic E-state index is -0.730. The van der Waals surface area contributed by atoms with Crippen molar-refractivity contribution in [3.8, 4) is 34.7 Å². The van der Waals surface area contributed by atoms with Gasteiger partial charge in [0.05, 0.1) is 11.5 Å². The lowest BCUT2D eigenvalue weighted by molar-refractivity contribution is -0.148. The molecule has 8 heteroatoms. The second kappa shape index (κ2) is 6.97. The maximum Gasteiger partial charge on any atom is 0.309 e. The Morgan fingerprint density at radius 1 is 1.27 bits per heavy atom. The number of aromatic hydroxyl groups is 1. The number of nitrogens with zero attached hydrogens (tertiary/aromatic N) is 4. The molecule has 8 nitrogen and oxygen atoms in total. The third kappa shape index (κ3) is 2.91. The van der Waals surface area contributed by atoms with Gasteiger partial charge in [-0.1, -0.05) is 23.4 Å². The molecule has 0 bridgehead atoms. The molecule has 30 heavy (non-hydrogen) atoms. The van der Waals surface area contributed by atoms with Crippen molar-refractivity contribution >= 4 is 5.97 Å². The number of benzene rings is 2. The predicted molar refractivity (Wildman–Crippen MR) is 105 cm³/mol. The lowest BCUT2D eigenvalue weighted by Crippen LogP contribution is -2.51. The van der Waals surface area contributed by atoms with Gasteiger partial charge in [-0.25, -0.2) is 0 Å². The summed E-state index contributed by atoms with van der Waals surface area (Å²) in [5, 5.41) is 32.1. The van der Waals surface area contributed by atoms with Gasteiger partial charge in [-0.2, -0.15) is 10.2 Å². The Bertz CT molecular complexity index is 1190. The highest BCUT2D eigenvalue weighted by molar-refractivity contribution is 5.72. The van der Waals surface area contributed by atoms with Crippen molar-refractivity contribution in [3.05, 3.63) is 53.1 Å². The van der Waals surface area contributed by atoms with Gasteiger partial charge in [0.15, 0.2) is 0 Å². The van der Waals surface area contributed by atoms with Crippen molar-refractivity contribution in [2.45, 2.75) is 18.9 Å². The van der Waals surface area contributed by atoms with Crippen LogP contribution in [-0.4, -0.2) is 44.3 Å². The Labute approximate surface area is 172 Å². The molecule has 150 valence electrons. The third-order valence-electron chi connectivity index (χ3n) is 5.97. The first-order valence-corrected chi connectivity index (χ1v) is 9.71. The highest BCUT2D eigenvalue weighted by Gasteiger charge is 2.40. The Kier molecular flexibility index (Phi) is 4.26. The van der Waals surface area contributed by atoms with E-state index >= 15 is 0 Å². The second-order valence-corrected chi connectivity index (χ2v) is 7.68. The molecule has 2 aromatic carbocycles. The van der Waals surface area contributed by atoms with Crippen LogP contribution < -0.4 is 0 Å². The number of carbonyl (C=O) groups is 1. The first kappa shape index (κ1) is 18.3. The van der Waals surface area contributed by atoms with Crippen molar-refractivity contribution < 1.29 is 19.5 Å². The number of hydrogen-bond donors (Lipinski definition) is 2. The van der Waals surface area contributed by atoms with Crippen molar-refractivity contribution in [2.24, 2.45) is 5.92 Å². The first-order valence-electron chi connectivity index (χ1n) is 9.71.